The number of carbonyl (C=O) groups excluding carboxylic acids is 1. The number of rotatable bonds is 6. The number of nitrogens with two attached hydrogens (primary N) is 1. The van der Waals surface area contributed by atoms with E-state index in [1.165, 1.54) is 17.4 Å². The average molecular weight is 327 g/mol. The maximum absolute atomic E-state index is 11.4. The first kappa shape index (κ1) is 17.9. The van der Waals surface area contributed by atoms with E-state index in [9.17, 15) is 4.79 Å². The number of nitrogens with zero attached hydrogens (tertiary/aromatic N) is 2. The van der Waals surface area contributed by atoms with Crippen molar-refractivity contribution in [2.75, 3.05) is 33.3 Å². The molecule has 1 aromatic carbocycles. The highest BCUT2D eigenvalue weighted by Gasteiger charge is 2.19. The second-order valence-corrected chi connectivity index (χ2v) is 5.74. The first-order valence-electron chi connectivity index (χ1n) is 8.19. The lowest BCUT2D eigenvalue weighted by atomic mass is 9.89. The SMILES string of the molecule is CCOC(=O)C=NCC1=C(/C(=C\N)c2ccccc2)CCN(C)C1. The molecule has 0 fully saturated rings. The number of likely N-dealkylation sites (N-methyl/N-ethyl adjacent to an activating group) is 1. The van der Waals surface area contributed by atoms with E-state index in [0.717, 1.165) is 30.6 Å². The third-order valence-electron chi connectivity index (χ3n) is 3.97. The van der Waals surface area contributed by atoms with Crippen molar-refractivity contribution in [1.29, 1.82) is 0 Å². The molecule has 24 heavy (non-hydrogen) atoms. The molecule has 0 saturated heterocycles. The van der Waals surface area contributed by atoms with Crippen molar-refractivity contribution in [3.63, 3.8) is 0 Å². The van der Waals surface area contributed by atoms with Crippen LogP contribution >= 0.6 is 0 Å². The van der Waals surface area contributed by atoms with Crippen LogP contribution in [0.25, 0.3) is 5.57 Å². The van der Waals surface area contributed by atoms with Crippen LogP contribution in [0.1, 0.15) is 18.9 Å². The predicted octanol–water partition coefficient (Wildman–Crippen LogP) is 2.25. The van der Waals surface area contributed by atoms with Gasteiger partial charge in [-0.25, -0.2) is 4.79 Å². The van der Waals surface area contributed by atoms with E-state index in [2.05, 4.69) is 29.1 Å². The van der Waals surface area contributed by atoms with Crippen LogP contribution in [0.15, 0.2) is 52.7 Å². The topological polar surface area (TPSA) is 67.9 Å². The fourth-order valence-electron chi connectivity index (χ4n) is 2.85. The Hall–Kier alpha value is -2.40. The Labute approximate surface area is 143 Å². The van der Waals surface area contributed by atoms with Crippen LogP contribution < -0.4 is 5.73 Å². The first-order valence-corrected chi connectivity index (χ1v) is 8.19. The molecule has 2 N–H and O–H groups in total. The van der Waals surface area contributed by atoms with E-state index in [0.29, 0.717) is 13.2 Å². The van der Waals surface area contributed by atoms with E-state index < -0.39 is 5.97 Å². The molecule has 0 amide bonds. The Morgan fingerprint density at radius 2 is 2.12 bits per heavy atom. The summed E-state index contributed by atoms with van der Waals surface area (Å²) < 4.78 is 4.87. The molecule has 0 radical (unpaired) electrons. The fourth-order valence-corrected chi connectivity index (χ4v) is 2.85. The van der Waals surface area contributed by atoms with Crippen LogP contribution in [-0.4, -0.2) is 50.4 Å². The summed E-state index contributed by atoms with van der Waals surface area (Å²) in [5.74, 6) is -0.401. The molecular weight excluding hydrogens is 302 g/mol. The first-order chi connectivity index (χ1) is 11.7. The highest BCUT2D eigenvalue weighted by atomic mass is 16.5. The molecule has 1 aliphatic heterocycles. The average Bonchev–Trinajstić information content (AvgIpc) is 2.58. The van der Waals surface area contributed by atoms with Gasteiger partial charge in [0.2, 0.25) is 0 Å². The van der Waals surface area contributed by atoms with E-state index in [4.69, 9.17) is 10.5 Å². The largest absolute Gasteiger partial charge is 0.462 e. The molecule has 0 aliphatic carbocycles. The van der Waals surface area contributed by atoms with Gasteiger partial charge < -0.3 is 15.4 Å². The minimum atomic E-state index is -0.401. The van der Waals surface area contributed by atoms with Crippen LogP contribution in [-0.2, 0) is 9.53 Å². The molecule has 0 spiro atoms. The van der Waals surface area contributed by atoms with Gasteiger partial charge in [-0.1, -0.05) is 30.3 Å². The second kappa shape index (κ2) is 9.03. The molecule has 0 saturated carbocycles. The summed E-state index contributed by atoms with van der Waals surface area (Å²) in [5.41, 5.74) is 10.5. The summed E-state index contributed by atoms with van der Waals surface area (Å²) >= 11 is 0. The summed E-state index contributed by atoms with van der Waals surface area (Å²) in [7, 11) is 2.08. The normalized spacial score (nSPS) is 16.7. The zero-order valence-corrected chi connectivity index (χ0v) is 14.4. The van der Waals surface area contributed by atoms with Crippen LogP contribution in [0.3, 0.4) is 0 Å². The van der Waals surface area contributed by atoms with Gasteiger partial charge in [0.25, 0.3) is 0 Å². The molecule has 2 rings (SSSR count). The highest BCUT2D eigenvalue weighted by molar-refractivity contribution is 6.23. The molecule has 1 heterocycles. The summed E-state index contributed by atoms with van der Waals surface area (Å²) in [6.07, 6.45) is 3.85. The number of hydrogen-bond donors (Lipinski definition) is 1. The Kier molecular flexibility index (Phi) is 6.75. The van der Waals surface area contributed by atoms with Crippen molar-refractivity contribution in [1.82, 2.24) is 4.90 Å². The molecule has 1 aliphatic rings. The minimum Gasteiger partial charge on any atom is -0.462 e. The molecule has 5 heteroatoms. The maximum Gasteiger partial charge on any atom is 0.348 e. The Bertz CT molecular complexity index is 648. The summed E-state index contributed by atoms with van der Waals surface area (Å²) in [6.45, 7) is 4.41. The zero-order chi connectivity index (χ0) is 17.4. The van der Waals surface area contributed by atoms with Gasteiger partial charge >= 0.3 is 5.97 Å². The smallest absolute Gasteiger partial charge is 0.348 e. The zero-order valence-electron chi connectivity index (χ0n) is 14.4. The molecular formula is C19H25N3O2. The standard InChI is InChI=1S/C19H25N3O2/c1-3-24-19(23)13-21-12-16-14-22(2)10-9-17(16)18(11-20)15-7-5-4-6-8-15/h4-8,11,13H,3,9-10,12,14,20H2,1-2H3/b18-11-,21-13?. The second-order valence-electron chi connectivity index (χ2n) is 5.74. The van der Waals surface area contributed by atoms with E-state index in [-0.39, 0.29) is 0 Å². The number of esters is 1. The van der Waals surface area contributed by atoms with Gasteiger partial charge in [0.05, 0.1) is 13.2 Å². The van der Waals surface area contributed by atoms with Crippen molar-refractivity contribution in [3.05, 3.63) is 53.2 Å². The lowest BCUT2D eigenvalue weighted by molar-refractivity contribution is -0.134. The summed E-state index contributed by atoms with van der Waals surface area (Å²) in [6, 6.07) is 10.1. The third kappa shape index (κ3) is 4.80. The summed E-state index contributed by atoms with van der Waals surface area (Å²) in [4.78, 5) is 17.9. The highest BCUT2D eigenvalue weighted by Crippen LogP contribution is 2.30. The minimum absolute atomic E-state index is 0.357. The van der Waals surface area contributed by atoms with E-state index in [1.54, 1.807) is 13.1 Å². The molecule has 0 atom stereocenters. The predicted molar refractivity (Wildman–Crippen MR) is 97.7 cm³/mol. The molecule has 1 aromatic rings. The Morgan fingerprint density at radius 3 is 2.79 bits per heavy atom. The van der Waals surface area contributed by atoms with Gasteiger partial charge in [-0.3, -0.25) is 4.99 Å². The molecule has 5 nitrogen and oxygen atoms in total. The van der Waals surface area contributed by atoms with Gasteiger partial charge in [0.15, 0.2) is 0 Å². The third-order valence-corrected chi connectivity index (χ3v) is 3.97. The number of benzene rings is 1. The van der Waals surface area contributed by atoms with Gasteiger partial charge in [-0.05, 0) is 37.1 Å². The van der Waals surface area contributed by atoms with Gasteiger partial charge in [0.1, 0.15) is 6.21 Å². The van der Waals surface area contributed by atoms with Crippen LogP contribution in [0.2, 0.25) is 0 Å². The van der Waals surface area contributed by atoms with E-state index in [1.807, 2.05) is 18.2 Å². The van der Waals surface area contributed by atoms with Gasteiger partial charge in [-0.15, -0.1) is 0 Å². The van der Waals surface area contributed by atoms with E-state index >= 15 is 0 Å². The van der Waals surface area contributed by atoms with Crippen molar-refractivity contribution in [2.45, 2.75) is 13.3 Å². The number of allylic oxidation sites excluding steroid dienone is 1. The summed E-state index contributed by atoms with van der Waals surface area (Å²) in [5, 5.41) is 0. The number of aliphatic imine (C=N–C) groups is 1. The van der Waals surface area contributed by atoms with Crippen molar-refractivity contribution in [3.8, 4) is 0 Å². The van der Waals surface area contributed by atoms with Crippen molar-refractivity contribution < 1.29 is 9.53 Å². The van der Waals surface area contributed by atoms with Crippen LogP contribution in [0.4, 0.5) is 0 Å². The number of hydrogen-bond acceptors (Lipinski definition) is 5. The van der Waals surface area contributed by atoms with Gasteiger partial charge in [-0.2, -0.15) is 0 Å². The lowest BCUT2D eigenvalue weighted by Crippen LogP contribution is -2.29. The number of ether oxygens (including phenoxy) is 1. The quantitative estimate of drug-likeness (QED) is 0.643. The molecule has 0 unspecified atom stereocenters. The lowest BCUT2D eigenvalue weighted by Gasteiger charge is -2.28. The molecule has 0 bridgehead atoms. The van der Waals surface area contributed by atoms with Gasteiger partial charge in [0, 0.05) is 24.9 Å². The monoisotopic (exact) mass is 327 g/mol. The Morgan fingerprint density at radius 1 is 1.38 bits per heavy atom. The van der Waals surface area contributed by atoms with Crippen molar-refractivity contribution in [2.24, 2.45) is 10.7 Å². The van der Waals surface area contributed by atoms with Crippen molar-refractivity contribution >= 4 is 17.8 Å². The molecule has 128 valence electrons. The Balaban J connectivity index is 2.25. The van der Waals surface area contributed by atoms with Crippen LogP contribution in [0.5, 0.6) is 0 Å². The van der Waals surface area contributed by atoms with Crippen LogP contribution in [0, 0.1) is 0 Å². The molecule has 0 aromatic heterocycles. The number of carbonyl (C=O) groups is 1. The fraction of sp³-hybridized carbons (Fsp3) is 0.368. The maximum atomic E-state index is 11.4.